The molecule has 6 heteroatoms. The summed E-state index contributed by atoms with van der Waals surface area (Å²) in [5, 5.41) is 6.57. The Kier molecular flexibility index (Phi) is 3.94. The highest BCUT2D eigenvalue weighted by atomic mass is 15.1. The van der Waals surface area contributed by atoms with Gasteiger partial charge >= 0.3 is 0 Å². The number of aromatic nitrogens is 4. The lowest BCUT2D eigenvalue weighted by atomic mass is 10.3. The highest BCUT2D eigenvalue weighted by Gasteiger charge is 2.27. The predicted octanol–water partition coefficient (Wildman–Crippen LogP) is 2.50. The standard InChI is InChI=1S/C15H20N6/c1-3-16-13-6-14(21-15(20-13)11-4-5-11)19-9-12-8-17-10(2)7-18-12/h6-8,11H,3-5,9H2,1-2H3,(H2,16,19,20,21). The van der Waals surface area contributed by atoms with E-state index in [-0.39, 0.29) is 0 Å². The monoisotopic (exact) mass is 284 g/mol. The number of aryl methyl sites for hydroxylation is 1. The first kappa shape index (κ1) is 13.7. The van der Waals surface area contributed by atoms with E-state index in [2.05, 4.69) is 37.5 Å². The smallest absolute Gasteiger partial charge is 0.136 e. The van der Waals surface area contributed by atoms with Crippen molar-refractivity contribution in [3.63, 3.8) is 0 Å². The van der Waals surface area contributed by atoms with Crippen molar-refractivity contribution in [2.24, 2.45) is 0 Å². The van der Waals surface area contributed by atoms with E-state index in [0.717, 1.165) is 35.4 Å². The molecule has 1 aliphatic carbocycles. The Labute approximate surface area is 124 Å². The molecule has 1 aliphatic rings. The van der Waals surface area contributed by atoms with E-state index in [1.807, 2.05) is 13.0 Å². The molecular formula is C15H20N6. The third-order valence-electron chi connectivity index (χ3n) is 3.33. The van der Waals surface area contributed by atoms with E-state index in [1.165, 1.54) is 12.8 Å². The molecule has 0 amide bonds. The van der Waals surface area contributed by atoms with Crippen molar-refractivity contribution in [1.82, 2.24) is 19.9 Å². The first-order chi connectivity index (χ1) is 10.2. The lowest BCUT2D eigenvalue weighted by molar-refractivity contribution is 0.910. The summed E-state index contributed by atoms with van der Waals surface area (Å²) in [6.45, 7) is 5.46. The second-order valence-corrected chi connectivity index (χ2v) is 5.30. The molecule has 2 aromatic rings. The minimum Gasteiger partial charge on any atom is -0.370 e. The highest BCUT2D eigenvalue weighted by molar-refractivity contribution is 5.48. The molecule has 0 radical (unpaired) electrons. The molecular weight excluding hydrogens is 264 g/mol. The molecule has 0 unspecified atom stereocenters. The highest BCUT2D eigenvalue weighted by Crippen LogP contribution is 2.38. The fraction of sp³-hybridized carbons (Fsp3) is 0.467. The Morgan fingerprint density at radius 3 is 2.48 bits per heavy atom. The van der Waals surface area contributed by atoms with Gasteiger partial charge in [0.1, 0.15) is 17.5 Å². The first-order valence-corrected chi connectivity index (χ1v) is 7.39. The summed E-state index contributed by atoms with van der Waals surface area (Å²) in [5.74, 6) is 3.19. The van der Waals surface area contributed by atoms with Crippen molar-refractivity contribution < 1.29 is 0 Å². The molecule has 110 valence electrons. The molecule has 0 spiro atoms. The molecule has 1 fully saturated rings. The van der Waals surface area contributed by atoms with Gasteiger partial charge in [-0.1, -0.05) is 0 Å². The fourth-order valence-corrected chi connectivity index (χ4v) is 2.04. The summed E-state index contributed by atoms with van der Waals surface area (Å²) in [7, 11) is 0. The van der Waals surface area contributed by atoms with Crippen molar-refractivity contribution in [3.8, 4) is 0 Å². The zero-order chi connectivity index (χ0) is 14.7. The maximum Gasteiger partial charge on any atom is 0.136 e. The number of hydrogen-bond donors (Lipinski definition) is 2. The molecule has 6 nitrogen and oxygen atoms in total. The number of hydrogen-bond acceptors (Lipinski definition) is 6. The third kappa shape index (κ3) is 3.65. The van der Waals surface area contributed by atoms with Crippen LogP contribution >= 0.6 is 0 Å². The molecule has 1 saturated carbocycles. The van der Waals surface area contributed by atoms with Gasteiger partial charge in [-0.05, 0) is 26.7 Å². The predicted molar refractivity (Wildman–Crippen MR) is 82.3 cm³/mol. The van der Waals surface area contributed by atoms with Gasteiger partial charge in [0.2, 0.25) is 0 Å². The van der Waals surface area contributed by atoms with Crippen molar-refractivity contribution >= 4 is 11.6 Å². The molecule has 0 aromatic carbocycles. The lowest BCUT2D eigenvalue weighted by Crippen LogP contribution is -2.08. The Morgan fingerprint density at radius 2 is 1.86 bits per heavy atom. The summed E-state index contributed by atoms with van der Waals surface area (Å²) in [6, 6.07) is 1.94. The van der Waals surface area contributed by atoms with E-state index in [1.54, 1.807) is 12.4 Å². The molecule has 0 aliphatic heterocycles. The summed E-state index contributed by atoms with van der Waals surface area (Å²) >= 11 is 0. The maximum absolute atomic E-state index is 4.60. The van der Waals surface area contributed by atoms with E-state index in [0.29, 0.717) is 12.5 Å². The molecule has 0 atom stereocenters. The van der Waals surface area contributed by atoms with Crippen LogP contribution in [0.5, 0.6) is 0 Å². The number of anilines is 2. The quantitative estimate of drug-likeness (QED) is 0.849. The Bertz CT molecular complexity index is 606. The third-order valence-corrected chi connectivity index (χ3v) is 3.33. The minimum atomic E-state index is 0.531. The summed E-state index contributed by atoms with van der Waals surface area (Å²) in [4.78, 5) is 17.7. The Hall–Kier alpha value is -2.24. The largest absolute Gasteiger partial charge is 0.370 e. The van der Waals surface area contributed by atoms with Crippen LogP contribution in [-0.4, -0.2) is 26.5 Å². The van der Waals surface area contributed by atoms with Crippen LogP contribution in [0.2, 0.25) is 0 Å². The van der Waals surface area contributed by atoms with Crippen LogP contribution in [-0.2, 0) is 6.54 Å². The summed E-state index contributed by atoms with van der Waals surface area (Å²) in [5.41, 5.74) is 1.82. The summed E-state index contributed by atoms with van der Waals surface area (Å²) in [6.07, 6.45) is 5.95. The molecule has 2 aromatic heterocycles. The average molecular weight is 284 g/mol. The van der Waals surface area contributed by atoms with Gasteiger partial charge in [-0.25, -0.2) is 9.97 Å². The van der Waals surface area contributed by atoms with Crippen molar-refractivity contribution in [2.75, 3.05) is 17.2 Å². The van der Waals surface area contributed by atoms with Gasteiger partial charge in [0.25, 0.3) is 0 Å². The number of rotatable bonds is 6. The van der Waals surface area contributed by atoms with Crippen molar-refractivity contribution in [2.45, 2.75) is 39.2 Å². The van der Waals surface area contributed by atoms with Gasteiger partial charge in [0.05, 0.1) is 24.1 Å². The van der Waals surface area contributed by atoms with E-state index < -0.39 is 0 Å². The van der Waals surface area contributed by atoms with E-state index in [9.17, 15) is 0 Å². The summed E-state index contributed by atoms with van der Waals surface area (Å²) < 4.78 is 0. The van der Waals surface area contributed by atoms with Gasteiger partial charge < -0.3 is 10.6 Å². The van der Waals surface area contributed by atoms with E-state index in [4.69, 9.17) is 0 Å². The Balaban J connectivity index is 1.72. The van der Waals surface area contributed by atoms with Crippen molar-refractivity contribution in [1.29, 1.82) is 0 Å². The lowest BCUT2D eigenvalue weighted by Gasteiger charge is -2.10. The van der Waals surface area contributed by atoms with Crippen LogP contribution < -0.4 is 10.6 Å². The second kappa shape index (κ2) is 6.03. The van der Waals surface area contributed by atoms with Crippen molar-refractivity contribution in [3.05, 3.63) is 35.7 Å². The normalized spacial score (nSPS) is 14.0. The number of nitrogens with one attached hydrogen (secondary N) is 2. The van der Waals surface area contributed by atoms with Crippen LogP contribution in [0, 0.1) is 6.92 Å². The van der Waals surface area contributed by atoms with Crippen LogP contribution in [0.3, 0.4) is 0 Å². The molecule has 0 bridgehead atoms. The zero-order valence-corrected chi connectivity index (χ0v) is 12.4. The van der Waals surface area contributed by atoms with Gasteiger partial charge in [-0.2, -0.15) is 0 Å². The molecule has 0 saturated heterocycles. The average Bonchev–Trinajstić information content (AvgIpc) is 3.31. The van der Waals surface area contributed by atoms with Gasteiger partial charge in [-0.15, -0.1) is 0 Å². The van der Waals surface area contributed by atoms with Crippen LogP contribution in [0.4, 0.5) is 11.6 Å². The first-order valence-electron chi connectivity index (χ1n) is 7.39. The Morgan fingerprint density at radius 1 is 1.10 bits per heavy atom. The number of nitrogens with zero attached hydrogens (tertiary/aromatic N) is 4. The minimum absolute atomic E-state index is 0.531. The topological polar surface area (TPSA) is 75.6 Å². The van der Waals surface area contributed by atoms with Gasteiger partial charge in [0, 0.05) is 24.7 Å². The van der Waals surface area contributed by atoms with Gasteiger partial charge in [-0.3, -0.25) is 9.97 Å². The fourth-order valence-electron chi connectivity index (χ4n) is 2.04. The van der Waals surface area contributed by atoms with E-state index >= 15 is 0 Å². The molecule has 2 heterocycles. The molecule has 3 rings (SSSR count). The SMILES string of the molecule is CCNc1cc(NCc2cnc(C)cn2)nc(C2CC2)n1. The van der Waals surface area contributed by atoms with Crippen LogP contribution in [0.15, 0.2) is 18.5 Å². The zero-order valence-electron chi connectivity index (χ0n) is 12.4. The van der Waals surface area contributed by atoms with Crippen LogP contribution in [0.25, 0.3) is 0 Å². The van der Waals surface area contributed by atoms with Crippen LogP contribution in [0.1, 0.15) is 42.9 Å². The molecule has 2 N–H and O–H groups in total. The van der Waals surface area contributed by atoms with Gasteiger partial charge in [0.15, 0.2) is 0 Å². The molecule has 21 heavy (non-hydrogen) atoms. The maximum atomic E-state index is 4.60. The second-order valence-electron chi connectivity index (χ2n) is 5.30.